The number of aromatic nitrogens is 1. The summed E-state index contributed by atoms with van der Waals surface area (Å²) in [7, 11) is 1.63. The summed E-state index contributed by atoms with van der Waals surface area (Å²) in [5, 5.41) is 9.89. The van der Waals surface area contributed by atoms with Gasteiger partial charge in [0.25, 0.3) is 5.56 Å². The van der Waals surface area contributed by atoms with Crippen LogP contribution in [0.3, 0.4) is 0 Å². The molecule has 0 atom stereocenters. The molecule has 0 aliphatic carbocycles. The molecule has 5 heteroatoms. The van der Waals surface area contributed by atoms with Gasteiger partial charge < -0.3 is 4.57 Å². The lowest BCUT2D eigenvalue weighted by atomic mass is 10.1. The van der Waals surface area contributed by atoms with Gasteiger partial charge in [0.2, 0.25) is 0 Å². The summed E-state index contributed by atoms with van der Waals surface area (Å²) in [4.78, 5) is 11.9. The standard InChI is InChI=1S/C12H8BrClN2O/c1-6-3-7-10(14)8(5-15)12(17)16(2)11(7)9(13)4-6/h3-4H,1-2H3. The molecule has 0 spiro atoms. The number of nitrogens with zero attached hydrogens (tertiary/aromatic N) is 2. The van der Waals surface area contributed by atoms with Gasteiger partial charge in [-0.05, 0) is 40.5 Å². The molecule has 2 rings (SSSR count). The van der Waals surface area contributed by atoms with E-state index in [2.05, 4.69) is 15.9 Å². The topological polar surface area (TPSA) is 45.8 Å². The molecule has 0 amide bonds. The Balaban J connectivity index is 3.17. The van der Waals surface area contributed by atoms with E-state index in [0.29, 0.717) is 10.9 Å². The molecule has 0 bridgehead atoms. The average molecular weight is 312 g/mol. The van der Waals surface area contributed by atoms with Crippen LogP contribution in [0.2, 0.25) is 5.02 Å². The van der Waals surface area contributed by atoms with Gasteiger partial charge in [-0.3, -0.25) is 4.79 Å². The lowest BCUT2D eigenvalue weighted by Gasteiger charge is -2.10. The molecule has 0 aliphatic heterocycles. The van der Waals surface area contributed by atoms with Crippen molar-refractivity contribution in [3.05, 3.63) is 43.1 Å². The Hall–Kier alpha value is -1.31. The molecule has 0 aliphatic rings. The number of benzene rings is 1. The second kappa shape index (κ2) is 4.17. The predicted molar refractivity (Wildman–Crippen MR) is 71.4 cm³/mol. The quantitative estimate of drug-likeness (QED) is 0.750. The van der Waals surface area contributed by atoms with Crippen molar-refractivity contribution in [2.75, 3.05) is 0 Å². The smallest absolute Gasteiger partial charge is 0.270 e. The summed E-state index contributed by atoms with van der Waals surface area (Å²) < 4.78 is 2.22. The van der Waals surface area contributed by atoms with E-state index < -0.39 is 0 Å². The normalized spacial score (nSPS) is 10.5. The predicted octanol–water partition coefficient (Wildman–Crippen LogP) is 3.13. The lowest BCUT2D eigenvalue weighted by Crippen LogP contribution is -2.20. The number of rotatable bonds is 0. The number of pyridine rings is 1. The van der Waals surface area contributed by atoms with Gasteiger partial charge in [0.15, 0.2) is 0 Å². The summed E-state index contributed by atoms with van der Waals surface area (Å²) in [5.74, 6) is 0. The van der Waals surface area contributed by atoms with Crippen LogP contribution in [0, 0.1) is 18.3 Å². The van der Waals surface area contributed by atoms with Crippen LogP contribution in [0.15, 0.2) is 21.4 Å². The third-order valence-corrected chi connectivity index (χ3v) is 3.63. The van der Waals surface area contributed by atoms with Crippen molar-refractivity contribution in [3.63, 3.8) is 0 Å². The number of hydrogen-bond donors (Lipinski definition) is 0. The third kappa shape index (κ3) is 1.76. The van der Waals surface area contributed by atoms with Gasteiger partial charge in [0, 0.05) is 16.9 Å². The maximum atomic E-state index is 11.9. The van der Waals surface area contributed by atoms with Crippen LogP contribution in [-0.2, 0) is 7.05 Å². The fourth-order valence-corrected chi connectivity index (χ4v) is 2.95. The monoisotopic (exact) mass is 310 g/mol. The highest BCUT2D eigenvalue weighted by Crippen LogP contribution is 2.30. The average Bonchev–Trinajstić information content (AvgIpc) is 2.26. The SMILES string of the molecule is Cc1cc(Br)c2c(c1)c(Cl)c(C#N)c(=O)n2C. The van der Waals surface area contributed by atoms with Crippen molar-refractivity contribution in [1.82, 2.24) is 4.57 Å². The second-order valence-electron chi connectivity index (χ2n) is 3.81. The first kappa shape index (κ1) is 12.2. The van der Waals surface area contributed by atoms with Crippen molar-refractivity contribution in [2.45, 2.75) is 6.92 Å². The van der Waals surface area contributed by atoms with Gasteiger partial charge >= 0.3 is 0 Å². The molecule has 1 aromatic heterocycles. The van der Waals surface area contributed by atoms with Gasteiger partial charge in [-0.1, -0.05) is 11.6 Å². The molecule has 0 unspecified atom stereocenters. The first-order chi connectivity index (χ1) is 7.97. The maximum Gasteiger partial charge on any atom is 0.270 e. The number of hydrogen-bond acceptors (Lipinski definition) is 2. The van der Waals surface area contributed by atoms with Gasteiger partial charge in [-0.2, -0.15) is 5.26 Å². The van der Waals surface area contributed by atoms with E-state index >= 15 is 0 Å². The Labute approximate surface area is 111 Å². The Kier molecular flexibility index (Phi) is 2.98. The molecule has 1 aromatic carbocycles. The zero-order valence-corrected chi connectivity index (χ0v) is 11.6. The van der Waals surface area contributed by atoms with E-state index in [1.165, 1.54) is 4.57 Å². The first-order valence-electron chi connectivity index (χ1n) is 4.85. The minimum atomic E-state index is -0.380. The van der Waals surface area contributed by atoms with E-state index in [1.807, 2.05) is 25.1 Å². The fraction of sp³-hybridized carbons (Fsp3) is 0.167. The van der Waals surface area contributed by atoms with E-state index in [4.69, 9.17) is 16.9 Å². The van der Waals surface area contributed by atoms with Gasteiger partial charge in [0.1, 0.15) is 11.6 Å². The molecule has 0 saturated heterocycles. The molecule has 0 N–H and O–H groups in total. The van der Waals surface area contributed by atoms with Crippen LogP contribution in [0.25, 0.3) is 10.9 Å². The van der Waals surface area contributed by atoms with Crippen molar-refractivity contribution >= 4 is 38.4 Å². The van der Waals surface area contributed by atoms with E-state index in [9.17, 15) is 4.79 Å². The number of aryl methyl sites for hydroxylation is 2. The minimum Gasteiger partial charge on any atom is -0.309 e. The Morgan fingerprint density at radius 2 is 2.12 bits per heavy atom. The molecule has 0 fully saturated rings. The van der Waals surface area contributed by atoms with E-state index in [0.717, 1.165) is 10.0 Å². The summed E-state index contributed by atoms with van der Waals surface area (Å²) in [6.45, 7) is 1.93. The summed E-state index contributed by atoms with van der Waals surface area (Å²) in [6, 6.07) is 5.63. The Morgan fingerprint density at radius 3 is 2.71 bits per heavy atom. The van der Waals surface area contributed by atoms with Crippen molar-refractivity contribution < 1.29 is 0 Å². The van der Waals surface area contributed by atoms with Crippen LogP contribution in [0.1, 0.15) is 11.1 Å². The lowest BCUT2D eigenvalue weighted by molar-refractivity contribution is 0.898. The van der Waals surface area contributed by atoms with Crippen LogP contribution < -0.4 is 5.56 Å². The van der Waals surface area contributed by atoms with Crippen molar-refractivity contribution in [1.29, 1.82) is 5.26 Å². The molecule has 0 saturated carbocycles. The summed E-state index contributed by atoms with van der Waals surface area (Å²) in [6.07, 6.45) is 0. The van der Waals surface area contributed by atoms with E-state index in [-0.39, 0.29) is 16.1 Å². The molecule has 0 radical (unpaired) electrons. The summed E-state index contributed by atoms with van der Waals surface area (Å²) >= 11 is 9.52. The Morgan fingerprint density at radius 1 is 1.47 bits per heavy atom. The van der Waals surface area contributed by atoms with Gasteiger partial charge in [0.05, 0.1) is 10.5 Å². The number of fused-ring (bicyclic) bond motifs is 1. The van der Waals surface area contributed by atoms with Crippen LogP contribution in [-0.4, -0.2) is 4.57 Å². The maximum absolute atomic E-state index is 11.9. The molecule has 17 heavy (non-hydrogen) atoms. The second-order valence-corrected chi connectivity index (χ2v) is 5.04. The highest BCUT2D eigenvalue weighted by Gasteiger charge is 2.15. The van der Waals surface area contributed by atoms with Crippen molar-refractivity contribution in [2.24, 2.45) is 7.05 Å². The zero-order valence-electron chi connectivity index (χ0n) is 9.21. The molecule has 1 heterocycles. The highest BCUT2D eigenvalue weighted by atomic mass is 79.9. The van der Waals surface area contributed by atoms with Crippen LogP contribution in [0.5, 0.6) is 0 Å². The number of nitriles is 1. The summed E-state index contributed by atoms with van der Waals surface area (Å²) in [5.41, 5.74) is 1.31. The number of halogens is 2. The van der Waals surface area contributed by atoms with Gasteiger partial charge in [-0.15, -0.1) is 0 Å². The third-order valence-electron chi connectivity index (χ3n) is 2.63. The molecule has 86 valence electrons. The molecular formula is C12H8BrClN2O. The first-order valence-corrected chi connectivity index (χ1v) is 6.03. The molecule has 2 aromatic rings. The van der Waals surface area contributed by atoms with Crippen LogP contribution in [0.4, 0.5) is 0 Å². The molecule has 3 nitrogen and oxygen atoms in total. The molecular weight excluding hydrogens is 304 g/mol. The largest absolute Gasteiger partial charge is 0.309 e. The van der Waals surface area contributed by atoms with Crippen LogP contribution >= 0.6 is 27.5 Å². The fourth-order valence-electron chi connectivity index (χ4n) is 1.84. The minimum absolute atomic E-state index is 0.0147. The van der Waals surface area contributed by atoms with E-state index in [1.54, 1.807) is 7.05 Å². The van der Waals surface area contributed by atoms with Crippen molar-refractivity contribution in [3.8, 4) is 6.07 Å². The van der Waals surface area contributed by atoms with Gasteiger partial charge in [-0.25, -0.2) is 0 Å². The Bertz CT molecular complexity index is 728. The zero-order chi connectivity index (χ0) is 12.7. The highest BCUT2D eigenvalue weighted by molar-refractivity contribution is 9.10.